The van der Waals surface area contributed by atoms with Crippen molar-refractivity contribution in [2.24, 2.45) is 0 Å². The number of carbonyl (C=O) groups excluding carboxylic acids is 1. The third-order valence-electron chi connectivity index (χ3n) is 3.48. The summed E-state index contributed by atoms with van der Waals surface area (Å²) in [4.78, 5) is 14.7. The van der Waals surface area contributed by atoms with Crippen molar-refractivity contribution in [3.8, 4) is 0 Å². The van der Waals surface area contributed by atoms with Crippen LogP contribution in [0.25, 0.3) is 10.1 Å². The highest BCUT2D eigenvalue weighted by Gasteiger charge is 2.23. The summed E-state index contributed by atoms with van der Waals surface area (Å²) in [7, 11) is 3.90. The van der Waals surface area contributed by atoms with Crippen LogP contribution in [0.2, 0.25) is 0 Å². The Balaban J connectivity index is 1.83. The van der Waals surface area contributed by atoms with Crippen LogP contribution >= 0.6 is 22.9 Å². The highest BCUT2D eigenvalue weighted by Crippen LogP contribution is 2.25. The second-order valence-electron chi connectivity index (χ2n) is 5.26. The molecule has 0 saturated heterocycles. The van der Waals surface area contributed by atoms with Crippen molar-refractivity contribution in [2.45, 2.75) is 12.5 Å². The summed E-state index contributed by atoms with van der Waals surface area (Å²) in [6.07, 6.45) is 2.31. The third-order valence-corrected chi connectivity index (χ3v) is 4.94. The SMILES string of the molecule is CN(C)C(C(=O)Cc1ccc2cnsc2c1)c1ccsc1. The van der Waals surface area contributed by atoms with Gasteiger partial charge in [-0.05, 0) is 59.6 Å². The van der Waals surface area contributed by atoms with E-state index in [9.17, 15) is 4.79 Å². The maximum atomic E-state index is 12.7. The van der Waals surface area contributed by atoms with Crippen LogP contribution in [-0.2, 0) is 11.2 Å². The summed E-state index contributed by atoms with van der Waals surface area (Å²) in [5.41, 5.74) is 2.13. The fourth-order valence-electron chi connectivity index (χ4n) is 2.51. The number of rotatable bonds is 5. The molecule has 0 N–H and O–H groups in total. The van der Waals surface area contributed by atoms with Crippen LogP contribution in [0.5, 0.6) is 0 Å². The van der Waals surface area contributed by atoms with Gasteiger partial charge in [-0.3, -0.25) is 9.69 Å². The zero-order valence-electron chi connectivity index (χ0n) is 11.9. The number of thiophene rings is 1. The van der Waals surface area contributed by atoms with Gasteiger partial charge in [0.25, 0.3) is 0 Å². The molecule has 0 amide bonds. The standard InChI is InChI=1S/C16H16N2OS2/c1-18(2)16(13-5-6-20-10-13)14(19)7-11-3-4-12-9-17-21-15(12)8-11/h3-6,8-10,16H,7H2,1-2H3. The zero-order valence-corrected chi connectivity index (χ0v) is 13.6. The molecule has 21 heavy (non-hydrogen) atoms. The molecule has 0 saturated carbocycles. The average molecular weight is 316 g/mol. The second kappa shape index (κ2) is 6.05. The van der Waals surface area contributed by atoms with Gasteiger partial charge >= 0.3 is 0 Å². The van der Waals surface area contributed by atoms with Crippen molar-refractivity contribution in [2.75, 3.05) is 14.1 Å². The molecular weight excluding hydrogens is 300 g/mol. The lowest BCUT2D eigenvalue weighted by molar-refractivity contribution is -0.123. The molecule has 3 nitrogen and oxygen atoms in total. The van der Waals surface area contributed by atoms with Gasteiger partial charge in [-0.1, -0.05) is 12.1 Å². The van der Waals surface area contributed by atoms with E-state index in [0.29, 0.717) is 6.42 Å². The Labute approximate surface area is 132 Å². The van der Waals surface area contributed by atoms with Crippen LogP contribution < -0.4 is 0 Å². The van der Waals surface area contributed by atoms with E-state index >= 15 is 0 Å². The van der Waals surface area contributed by atoms with Gasteiger partial charge in [-0.15, -0.1) is 0 Å². The number of likely N-dealkylation sites (N-methyl/N-ethyl adjacent to an activating group) is 1. The topological polar surface area (TPSA) is 33.2 Å². The van der Waals surface area contributed by atoms with Gasteiger partial charge in [0.05, 0.1) is 10.7 Å². The van der Waals surface area contributed by atoms with Gasteiger partial charge in [0.15, 0.2) is 5.78 Å². The highest BCUT2D eigenvalue weighted by atomic mass is 32.1. The van der Waals surface area contributed by atoms with Crippen LogP contribution in [0.1, 0.15) is 17.2 Å². The summed E-state index contributed by atoms with van der Waals surface area (Å²) in [5, 5.41) is 5.20. The van der Waals surface area contributed by atoms with Crippen molar-refractivity contribution in [3.05, 3.63) is 52.3 Å². The van der Waals surface area contributed by atoms with E-state index in [-0.39, 0.29) is 11.8 Å². The number of nitrogens with zero attached hydrogens (tertiary/aromatic N) is 2. The van der Waals surface area contributed by atoms with E-state index in [1.165, 1.54) is 11.5 Å². The van der Waals surface area contributed by atoms with Crippen molar-refractivity contribution < 1.29 is 4.79 Å². The Morgan fingerprint density at radius 3 is 2.90 bits per heavy atom. The summed E-state index contributed by atoms with van der Waals surface area (Å²) >= 11 is 3.10. The number of Topliss-reactive ketones (excluding diaryl/α,β-unsaturated/α-hetero) is 1. The molecule has 1 unspecified atom stereocenters. The quantitative estimate of drug-likeness (QED) is 0.718. The molecule has 0 aliphatic rings. The molecule has 0 aliphatic carbocycles. The summed E-state index contributed by atoms with van der Waals surface area (Å²) < 4.78 is 5.31. The molecule has 108 valence electrons. The van der Waals surface area contributed by atoms with Gasteiger partial charge in [-0.2, -0.15) is 15.7 Å². The molecule has 5 heteroatoms. The third kappa shape index (κ3) is 3.05. The first-order chi connectivity index (χ1) is 10.1. The van der Waals surface area contributed by atoms with E-state index < -0.39 is 0 Å². The largest absolute Gasteiger partial charge is 0.297 e. The Bertz CT molecular complexity index is 747. The highest BCUT2D eigenvalue weighted by molar-refractivity contribution is 7.13. The lowest BCUT2D eigenvalue weighted by Crippen LogP contribution is -2.28. The molecule has 0 aliphatic heterocycles. The number of hydrogen-bond donors (Lipinski definition) is 0. The Hall–Kier alpha value is -1.56. The molecule has 2 aromatic heterocycles. The van der Waals surface area contributed by atoms with Crippen molar-refractivity contribution in [1.82, 2.24) is 9.27 Å². The molecule has 3 rings (SSSR count). The lowest BCUT2D eigenvalue weighted by atomic mass is 9.98. The normalized spacial score (nSPS) is 12.9. The van der Waals surface area contributed by atoms with Crippen molar-refractivity contribution >= 4 is 38.7 Å². The van der Waals surface area contributed by atoms with E-state index in [1.807, 2.05) is 48.8 Å². The summed E-state index contributed by atoms with van der Waals surface area (Å²) in [6, 6.07) is 7.99. The maximum Gasteiger partial charge on any atom is 0.158 e. The molecule has 0 radical (unpaired) electrons. The molecule has 1 atom stereocenters. The maximum absolute atomic E-state index is 12.7. The zero-order chi connectivity index (χ0) is 14.8. The molecular formula is C16H16N2OS2. The number of ketones is 1. The fraction of sp³-hybridized carbons (Fsp3) is 0.250. The predicted molar refractivity (Wildman–Crippen MR) is 89.1 cm³/mol. The van der Waals surface area contributed by atoms with E-state index in [0.717, 1.165) is 21.2 Å². The molecule has 1 aromatic carbocycles. The first kappa shape index (κ1) is 14.4. The summed E-state index contributed by atoms with van der Waals surface area (Å²) in [5.74, 6) is 0.224. The number of carbonyl (C=O) groups is 1. The fourth-order valence-corrected chi connectivity index (χ4v) is 3.90. The van der Waals surface area contributed by atoms with Crippen molar-refractivity contribution in [1.29, 1.82) is 0 Å². The minimum Gasteiger partial charge on any atom is -0.297 e. The van der Waals surface area contributed by atoms with Crippen LogP contribution in [-0.4, -0.2) is 29.2 Å². The summed E-state index contributed by atoms with van der Waals surface area (Å²) in [6.45, 7) is 0. The monoisotopic (exact) mass is 316 g/mol. The molecule has 3 aromatic rings. The Morgan fingerprint density at radius 2 is 2.19 bits per heavy atom. The van der Waals surface area contributed by atoms with Crippen LogP contribution in [0.15, 0.2) is 41.2 Å². The van der Waals surface area contributed by atoms with Gasteiger partial charge < -0.3 is 0 Å². The van der Waals surface area contributed by atoms with Crippen LogP contribution in [0.4, 0.5) is 0 Å². The van der Waals surface area contributed by atoms with E-state index in [4.69, 9.17) is 0 Å². The lowest BCUT2D eigenvalue weighted by Gasteiger charge is -2.22. The van der Waals surface area contributed by atoms with E-state index in [1.54, 1.807) is 11.3 Å². The van der Waals surface area contributed by atoms with Crippen LogP contribution in [0.3, 0.4) is 0 Å². The first-order valence-corrected chi connectivity index (χ1v) is 8.41. The minimum absolute atomic E-state index is 0.173. The Kier molecular flexibility index (Phi) is 4.14. The first-order valence-electron chi connectivity index (χ1n) is 6.69. The van der Waals surface area contributed by atoms with Gasteiger partial charge in [0, 0.05) is 18.0 Å². The van der Waals surface area contributed by atoms with Crippen LogP contribution in [0, 0.1) is 0 Å². The van der Waals surface area contributed by atoms with Gasteiger partial charge in [0.2, 0.25) is 0 Å². The number of fused-ring (bicyclic) bond motifs is 1. The smallest absolute Gasteiger partial charge is 0.158 e. The number of hydrogen-bond acceptors (Lipinski definition) is 5. The molecule has 0 fully saturated rings. The average Bonchev–Trinajstić information content (AvgIpc) is 3.08. The number of aromatic nitrogens is 1. The van der Waals surface area contributed by atoms with E-state index in [2.05, 4.69) is 15.8 Å². The Morgan fingerprint density at radius 1 is 1.33 bits per heavy atom. The molecule has 0 bridgehead atoms. The minimum atomic E-state index is -0.173. The molecule has 0 spiro atoms. The number of benzene rings is 1. The second-order valence-corrected chi connectivity index (χ2v) is 6.88. The van der Waals surface area contributed by atoms with Gasteiger partial charge in [-0.25, -0.2) is 0 Å². The van der Waals surface area contributed by atoms with Gasteiger partial charge in [0.1, 0.15) is 0 Å². The molecule has 2 heterocycles. The predicted octanol–water partition coefficient (Wildman–Crippen LogP) is 3.77. The van der Waals surface area contributed by atoms with Crippen molar-refractivity contribution in [3.63, 3.8) is 0 Å².